The van der Waals surface area contributed by atoms with Gasteiger partial charge in [-0.3, -0.25) is 9.59 Å². The molecular weight excluding hydrogens is 266 g/mol. The largest absolute Gasteiger partial charge is 0.298 e. The monoisotopic (exact) mass is 283 g/mol. The number of hydrogen-bond acceptors (Lipinski definition) is 4. The number of ketones is 2. The van der Waals surface area contributed by atoms with Gasteiger partial charge in [0.1, 0.15) is 5.78 Å². The lowest BCUT2D eigenvalue weighted by molar-refractivity contribution is -0.120. The number of benzene rings is 1. The first-order valence-corrected chi connectivity index (χ1v) is 7.35. The van der Waals surface area contributed by atoms with Crippen molar-refractivity contribution in [1.29, 1.82) is 0 Å². The number of carbonyl (C=O) groups is 2. The predicted octanol–water partition coefficient (Wildman–Crippen LogP) is 1.39. The molecule has 1 aromatic rings. The lowest BCUT2D eigenvalue weighted by Gasteiger charge is -2.08. The molecule has 0 saturated carbocycles. The van der Waals surface area contributed by atoms with Crippen LogP contribution in [-0.4, -0.2) is 26.5 Å². The number of rotatable bonds is 6. The molecule has 0 aliphatic rings. The zero-order chi connectivity index (χ0) is 14.6. The van der Waals surface area contributed by atoms with Crippen molar-refractivity contribution in [2.75, 3.05) is 6.54 Å². The molecule has 0 aromatic heterocycles. The Bertz CT molecular complexity index is 590. The van der Waals surface area contributed by atoms with Crippen LogP contribution in [0.5, 0.6) is 0 Å². The normalized spacial score (nSPS) is 11.6. The number of sulfonamides is 1. The summed E-state index contributed by atoms with van der Waals surface area (Å²) in [5.74, 6) is -0.632. The highest BCUT2D eigenvalue weighted by Crippen LogP contribution is 2.12. The predicted molar refractivity (Wildman–Crippen MR) is 71.5 cm³/mol. The quantitative estimate of drug-likeness (QED) is 0.800. The lowest BCUT2D eigenvalue weighted by Crippen LogP contribution is -2.31. The molecule has 0 aliphatic heterocycles. The van der Waals surface area contributed by atoms with Crippen molar-refractivity contribution in [3.63, 3.8) is 0 Å². The van der Waals surface area contributed by atoms with Crippen LogP contribution in [0, 0.1) is 5.92 Å². The minimum absolute atomic E-state index is 0.0169. The Morgan fingerprint density at radius 3 is 2.42 bits per heavy atom. The van der Waals surface area contributed by atoms with Gasteiger partial charge in [0, 0.05) is 11.5 Å². The number of carbonyl (C=O) groups excluding carboxylic acids is 2. The van der Waals surface area contributed by atoms with Crippen molar-refractivity contribution in [1.82, 2.24) is 4.72 Å². The summed E-state index contributed by atoms with van der Waals surface area (Å²) in [5.41, 5.74) is 0.318. The Balaban J connectivity index is 2.92. The molecule has 0 radical (unpaired) electrons. The molecule has 0 saturated heterocycles. The molecule has 1 aromatic carbocycles. The maximum absolute atomic E-state index is 12.0. The third kappa shape index (κ3) is 4.25. The Labute approximate surface area is 113 Å². The Morgan fingerprint density at radius 1 is 1.26 bits per heavy atom. The third-order valence-corrected chi connectivity index (χ3v) is 4.03. The van der Waals surface area contributed by atoms with Crippen molar-refractivity contribution in [2.24, 2.45) is 5.92 Å². The van der Waals surface area contributed by atoms with Gasteiger partial charge in [-0.1, -0.05) is 26.0 Å². The first-order valence-electron chi connectivity index (χ1n) is 5.87. The van der Waals surface area contributed by atoms with Gasteiger partial charge in [0.15, 0.2) is 5.78 Å². The minimum atomic E-state index is -3.77. The van der Waals surface area contributed by atoms with Gasteiger partial charge in [0.25, 0.3) is 0 Å². The number of Topliss-reactive ketones (excluding diaryl/α,β-unsaturated/α-hetero) is 2. The van der Waals surface area contributed by atoms with Crippen LogP contribution < -0.4 is 4.72 Å². The molecule has 0 spiro atoms. The van der Waals surface area contributed by atoms with Gasteiger partial charge in [-0.25, -0.2) is 13.1 Å². The zero-order valence-corrected chi connectivity index (χ0v) is 12.0. The minimum Gasteiger partial charge on any atom is -0.298 e. The van der Waals surface area contributed by atoms with E-state index >= 15 is 0 Å². The molecule has 0 aliphatic carbocycles. The second kappa shape index (κ2) is 6.08. The summed E-state index contributed by atoms with van der Waals surface area (Å²) in [6, 6.07) is 5.72. The van der Waals surface area contributed by atoms with Gasteiger partial charge in [0.2, 0.25) is 10.0 Å². The van der Waals surface area contributed by atoms with E-state index in [1.807, 2.05) is 0 Å². The van der Waals surface area contributed by atoms with Gasteiger partial charge in [0.05, 0.1) is 11.4 Å². The van der Waals surface area contributed by atoms with Crippen LogP contribution in [0.1, 0.15) is 31.1 Å². The van der Waals surface area contributed by atoms with Crippen LogP contribution in [0.4, 0.5) is 0 Å². The van der Waals surface area contributed by atoms with E-state index < -0.39 is 10.0 Å². The average molecular weight is 283 g/mol. The van der Waals surface area contributed by atoms with E-state index in [1.165, 1.54) is 25.1 Å². The van der Waals surface area contributed by atoms with Crippen molar-refractivity contribution >= 4 is 21.6 Å². The Hall–Kier alpha value is -1.53. The summed E-state index contributed by atoms with van der Waals surface area (Å²) < 4.78 is 26.2. The van der Waals surface area contributed by atoms with Crippen LogP contribution in [0.3, 0.4) is 0 Å². The van der Waals surface area contributed by atoms with E-state index in [1.54, 1.807) is 19.9 Å². The number of hydrogen-bond donors (Lipinski definition) is 1. The van der Waals surface area contributed by atoms with Gasteiger partial charge >= 0.3 is 0 Å². The highest BCUT2D eigenvalue weighted by molar-refractivity contribution is 7.89. The fourth-order valence-electron chi connectivity index (χ4n) is 1.34. The van der Waals surface area contributed by atoms with Crippen molar-refractivity contribution in [3.05, 3.63) is 29.8 Å². The fourth-order valence-corrected chi connectivity index (χ4v) is 2.37. The SMILES string of the molecule is CC(=O)c1cccc(S(=O)(=O)NCC(=O)C(C)C)c1. The van der Waals surface area contributed by atoms with Gasteiger partial charge in [-0.2, -0.15) is 0 Å². The summed E-state index contributed by atoms with van der Waals surface area (Å²) in [6.45, 7) is 4.52. The van der Waals surface area contributed by atoms with Crippen LogP contribution in [0.2, 0.25) is 0 Å². The molecule has 0 heterocycles. The lowest BCUT2D eigenvalue weighted by atomic mass is 10.1. The van der Waals surface area contributed by atoms with E-state index in [4.69, 9.17) is 0 Å². The van der Waals surface area contributed by atoms with Gasteiger partial charge in [-0.05, 0) is 19.1 Å². The molecule has 0 fully saturated rings. The fraction of sp³-hybridized carbons (Fsp3) is 0.385. The molecule has 0 amide bonds. The first-order chi connectivity index (χ1) is 8.74. The molecule has 104 valence electrons. The molecule has 6 heteroatoms. The summed E-state index contributed by atoms with van der Waals surface area (Å²) >= 11 is 0. The molecule has 5 nitrogen and oxygen atoms in total. The highest BCUT2D eigenvalue weighted by atomic mass is 32.2. The average Bonchev–Trinajstić information content (AvgIpc) is 2.36. The Kier molecular flexibility index (Phi) is 4.97. The van der Waals surface area contributed by atoms with E-state index in [0.29, 0.717) is 5.56 Å². The van der Waals surface area contributed by atoms with E-state index in [-0.39, 0.29) is 28.9 Å². The second-order valence-corrected chi connectivity index (χ2v) is 6.30. The molecule has 0 bridgehead atoms. The third-order valence-electron chi connectivity index (χ3n) is 2.63. The van der Waals surface area contributed by atoms with Crippen LogP contribution in [0.15, 0.2) is 29.2 Å². The maximum atomic E-state index is 12.0. The first kappa shape index (κ1) is 15.5. The summed E-state index contributed by atoms with van der Waals surface area (Å²) in [6.07, 6.45) is 0. The van der Waals surface area contributed by atoms with Crippen molar-refractivity contribution in [3.8, 4) is 0 Å². The summed E-state index contributed by atoms with van der Waals surface area (Å²) in [4.78, 5) is 22.6. The van der Waals surface area contributed by atoms with E-state index in [9.17, 15) is 18.0 Å². The number of nitrogens with one attached hydrogen (secondary N) is 1. The second-order valence-electron chi connectivity index (χ2n) is 4.53. The molecule has 0 atom stereocenters. The van der Waals surface area contributed by atoms with Crippen molar-refractivity contribution < 1.29 is 18.0 Å². The molecule has 1 rings (SSSR count). The van der Waals surface area contributed by atoms with Crippen LogP contribution in [0.25, 0.3) is 0 Å². The molecule has 19 heavy (non-hydrogen) atoms. The standard InChI is InChI=1S/C13H17NO4S/c1-9(2)13(16)8-14-19(17,18)12-6-4-5-11(7-12)10(3)15/h4-7,9,14H,8H2,1-3H3. The van der Waals surface area contributed by atoms with Crippen molar-refractivity contribution in [2.45, 2.75) is 25.7 Å². The van der Waals surface area contributed by atoms with E-state index in [0.717, 1.165) is 0 Å². The van der Waals surface area contributed by atoms with Gasteiger partial charge < -0.3 is 0 Å². The summed E-state index contributed by atoms with van der Waals surface area (Å²) in [7, 11) is -3.77. The zero-order valence-electron chi connectivity index (χ0n) is 11.1. The van der Waals surface area contributed by atoms with Gasteiger partial charge in [-0.15, -0.1) is 0 Å². The highest BCUT2D eigenvalue weighted by Gasteiger charge is 2.17. The molecule has 0 unspecified atom stereocenters. The van der Waals surface area contributed by atoms with Crippen LogP contribution >= 0.6 is 0 Å². The molecular formula is C13H17NO4S. The molecule has 1 N–H and O–H groups in total. The maximum Gasteiger partial charge on any atom is 0.240 e. The smallest absolute Gasteiger partial charge is 0.240 e. The summed E-state index contributed by atoms with van der Waals surface area (Å²) in [5, 5.41) is 0. The van der Waals surface area contributed by atoms with E-state index in [2.05, 4.69) is 4.72 Å². The van der Waals surface area contributed by atoms with Crippen LogP contribution in [-0.2, 0) is 14.8 Å². The Morgan fingerprint density at radius 2 is 1.89 bits per heavy atom. The topological polar surface area (TPSA) is 80.3 Å².